The minimum Gasteiger partial charge on any atom is -0.447 e. The molecule has 0 fully saturated rings. The molecular formula is C12H22N2O3S. The molecule has 104 valence electrons. The van der Waals surface area contributed by atoms with E-state index in [1.54, 1.807) is 6.07 Å². The Bertz CT molecular complexity index is 484. The van der Waals surface area contributed by atoms with Gasteiger partial charge in [0.2, 0.25) is 5.09 Å². The quantitative estimate of drug-likeness (QED) is 0.887. The summed E-state index contributed by atoms with van der Waals surface area (Å²) in [6.07, 6.45) is 0. The lowest BCUT2D eigenvalue weighted by atomic mass is 9.97. The average molecular weight is 274 g/mol. The normalized spacial score (nSPS) is 13.2. The first-order valence-corrected chi connectivity index (χ1v) is 7.29. The summed E-state index contributed by atoms with van der Waals surface area (Å²) in [6.45, 7) is 7.75. The van der Waals surface area contributed by atoms with Gasteiger partial charge in [0.25, 0.3) is 10.0 Å². The minimum atomic E-state index is -3.47. The maximum Gasteiger partial charge on any atom is 0.275 e. The van der Waals surface area contributed by atoms with E-state index >= 15 is 0 Å². The van der Waals surface area contributed by atoms with Crippen LogP contribution in [-0.4, -0.2) is 33.4 Å². The van der Waals surface area contributed by atoms with Gasteiger partial charge >= 0.3 is 0 Å². The molecule has 6 heteroatoms. The van der Waals surface area contributed by atoms with Crippen LogP contribution in [0.4, 0.5) is 0 Å². The number of nitrogens with zero attached hydrogens (tertiary/aromatic N) is 1. The van der Waals surface area contributed by atoms with Gasteiger partial charge in [0.1, 0.15) is 5.76 Å². The number of sulfonamides is 1. The Kier molecular flexibility index (Phi) is 4.58. The molecule has 0 saturated carbocycles. The molecule has 1 aromatic rings. The molecule has 1 heterocycles. The zero-order valence-corrected chi connectivity index (χ0v) is 12.5. The summed E-state index contributed by atoms with van der Waals surface area (Å²) in [5.74, 6) is 0.625. The second-order valence-corrected chi connectivity index (χ2v) is 7.76. The fraction of sp³-hybridized carbons (Fsp3) is 0.667. The molecule has 1 N–H and O–H groups in total. The van der Waals surface area contributed by atoms with E-state index in [-0.39, 0.29) is 10.5 Å². The summed E-state index contributed by atoms with van der Waals surface area (Å²) in [5, 5.41) is 3.22. The van der Waals surface area contributed by atoms with Gasteiger partial charge in [-0.05, 0) is 17.5 Å². The first-order valence-electron chi connectivity index (χ1n) is 5.85. The van der Waals surface area contributed by atoms with E-state index in [1.807, 2.05) is 0 Å². The van der Waals surface area contributed by atoms with Crippen LogP contribution < -0.4 is 5.32 Å². The molecule has 1 rings (SSSR count). The van der Waals surface area contributed by atoms with Crippen LogP contribution in [0.3, 0.4) is 0 Å². The average Bonchev–Trinajstić information content (AvgIpc) is 2.64. The van der Waals surface area contributed by atoms with Crippen molar-refractivity contribution in [3.05, 3.63) is 17.9 Å². The summed E-state index contributed by atoms with van der Waals surface area (Å²) < 4.78 is 30.0. The van der Waals surface area contributed by atoms with E-state index in [0.29, 0.717) is 12.3 Å². The van der Waals surface area contributed by atoms with Gasteiger partial charge in [0.05, 0.1) is 6.54 Å². The molecule has 0 aromatic carbocycles. The van der Waals surface area contributed by atoms with Gasteiger partial charge in [-0.3, -0.25) is 0 Å². The van der Waals surface area contributed by atoms with Crippen molar-refractivity contribution in [3.8, 4) is 0 Å². The summed E-state index contributed by atoms with van der Waals surface area (Å²) in [7, 11) is -0.508. The van der Waals surface area contributed by atoms with Crippen LogP contribution in [0, 0.1) is 5.41 Å². The number of nitrogens with one attached hydrogen (secondary N) is 1. The smallest absolute Gasteiger partial charge is 0.275 e. The first kappa shape index (κ1) is 15.2. The molecule has 0 aliphatic rings. The zero-order valence-electron chi connectivity index (χ0n) is 11.6. The van der Waals surface area contributed by atoms with Crippen LogP contribution in [0.5, 0.6) is 0 Å². The third-order valence-electron chi connectivity index (χ3n) is 2.33. The first-order chi connectivity index (χ1) is 8.13. The molecule has 0 aliphatic carbocycles. The number of furan rings is 1. The molecular weight excluding hydrogens is 252 g/mol. The van der Waals surface area contributed by atoms with E-state index < -0.39 is 10.0 Å². The van der Waals surface area contributed by atoms with Gasteiger partial charge in [-0.15, -0.1) is 0 Å². The van der Waals surface area contributed by atoms with Crippen LogP contribution in [0.2, 0.25) is 0 Å². The largest absolute Gasteiger partial charge is 0.447 e. The Morgan fingerprint density at radius 1 is 1.28 bits per heavy atom. The Hall–Kier alpha value is -0.850. The van der Waals surface area contributed by atoms with Crippen LogP contribution >= 0.6 is 0 Å². The van der Waals surface area contributed by atoms with Gasteiger partial charge in [-0.2, -0.15) is 0 Å². The molecule has 0 amide bonds. The molecule has 1 aromatic heterocycles. The van der Waals surface area contributed by atoms with Crippen molar-refractivity contribution in [1.29, 1.82) is 0 Å². The Labute approximate surface area is 109 Å². The molecule has 0 unspecified atom stereocenters. The monoisotopic (exact) mass is 274 g/mol. The van der Waals surface area contributed by atoms with Crippen molar-refractivity contribution < 1.29 is 12.8 Å². The van der Waals surface area contributed by atoms with Crippen molar-refractivity contribution in [2.24, 2.45) is 5.41 Å². The highest BCUT2D eigenvalue weighted by Gasteiger charge is 2.21. The SMILES string of the molecule is CN(C)S(=O)(=O)c1ccc(CNCC(C)(C)C)o1. The van der Waals surface area contributed by atoms with Crippen LogP contribution in [0.25, 0.3) is 0 Å². The third-order valence-corrected chi connectivity index (χ3v) is 4.02. The highest BCUT2D eigenvalue weighted by atomic mass is 32.2. The minimum absolute atomic E-state index is 0.0138. The van der Waals surface area contributed by atoms with E-state index in [9.17, 15) is 8.42 Å². The standard InChI is InChI=1S/C12H22N2O3S/c1-12(2,3)9-13-8-10-6-7-11(17-10)18(15,16)14(4)5/h6-7,13H,8-9H2,1-5H3. The molecule has 5 nitrogen and oxygen atoms in total. The maximum atomic E-state index is 11.8. The number of hydrogen-bond donors (Lipinski definition) is 1. The predicted octanol–water partition coefficient (Wildman–Crippen LogP) is 1.67. The Balaban J connectivity index is 2.65. The lowest BCUT2D eigenvalue weighted by Gasteiger charge is -2.18. The highest BCUT2D eigenvalue weighted by molar-refractivity contribution is 7.88. The zero-order chi connectivity index (χ0) is 14.0. The van der Waals surface area contributed by atoms with Crippen molar-refractivity contribution in [2.75, 3.05) is 20.6 Å². The molecule has 0 bridgehead atoms. The predicted molar refractivity (Wildman–Crippen MR) is 70.7 cm³/mol. The van der Waals surface area contributed by atoms with Crippen molar-refractivity contribution in [1.82, 2.24) is 9.62 Å². The summed E-state index contributed by atoms with van der Waals surface area (Å²) >= 11 is 0. The highest BCUT2D eigenvalue weighted by Crippen LogP contribution is 2.17. The summed E-state index contributed by atoms with van der Waals surface area (Å²) in [6, 6.07) is 3.18. The number of hydrogen-bond acceptors (Lipinski definition) is 4. The molecule has 0 saturated heterocycles. The fourth-order valence-corrected chi connectivity index (χ4v) is 2.14. The lowest BCUT2D eigenvalue weighted by molar-refractivity contribution is 0.350. The van der Waals surface area contributed by atoms with Crippen LogP contribution in [0.15, 0.2) is 21.6 Å². The second kappa shape index (κ2) is 5.42. The van der Waals surface area contributed by atoms with Gasteiger partial charge < -0.3 is 9.73 Å². The van der Waals surface area contributed by atoms with E-state index in [1.165, 1.54) is 20.2 Å². The Morgan fingerprint density at radius 3 is 2.39 bits per heavy atom. The van der Waals surface area contributed by atoms with Crippen molar-refractivity contribution in [2.45, 2.75) is 32.4 Å². The van der Waals surface area contributed by atoms with Gasteiger partial charge in [0, 0.05) is 20.6 Å². The third kappa shape index (κ3) is 4.12. The Morgan fingerprint density at radius 2 is 1.89 bits per heavy atom. The summed E-state index contributed by atoms with van der Waals surface area (Å²) in [4.78, 5) is 0. The van der Waals surface area contributed by atoms with Crippen molar-refractivity contribution in [3.63, 3.8) is 0 Å². The van der Waals surface area contributed by atoms with Crippen LogP contribution in [0.1, 0.15) is 26.5 Å². The van der Waals surface area contributed by atoms with E-state index in [4.69, 9.17) is 4.42 Å². The second-order valence-electron chi connectivity index (χ2n) is 5.67. The molecule has 0 aliphatic heterocycles. The molecule has 0 atom stereocenters. The molecule has 0 spiro atoms. The fourth-order valence-electron chi connectivity index (χ4n) is 1.33. The van der Waals surface area contributed by atoms with E-state index in [2.05, 4.69) is 26.1 Å². The maximum absolute atomic E-state index is 11.8. The molecule has 0 radical (unpaired) electrons. The van der Waals surface area contributed by atoms with Gasteiger partial charge in [-0.25, -0.2) is 12.7 Å². The summed E-state index contributed by atoms with van der Waals surface area (Å²) in [5.41, 5.74) is 0.186. The van der Waals surface area contributed by atoms with Gasteiger partial charge in [0.15, 0.2) is 0 Å². The van der Waals surface area contributed by atoms with E-state index in [0.717, 1.165) is 10.8 Å². The van der Waals surface area contributed by atoms with Gasteiger partial charge in [-0.1, -0.05) is 20.8 Å². The topological polar surface area (TPSA) is 62.6 Å². The van der Waals surface area contributed by atoms with Crippen molar-refractivity contribution >= 4 is 10.0 Å². The number of rotatable bonds is 5. The van der Waals surface area contributed by atoms with Crippen LogP contribution in [-0.2, 0) is 16.6 Å². The lowest BCUT2D eigenvalue weighted by Crippen LogP contribution is -2.26. The molecule has 18 heavy (non-hydrogen) atoms.